The number of benzene rings is 1. The summed E-state index contributed by atoms with van der Waals surface area (Å²) in [5.41, 5.74) is -1.69. The Bertz CT molecular complexity index is 420. The van der Waals surface area contributed by atoms with Gasteiger partial charge in [0.2, 0.25) is 0 Å². The van der Waals surface area contributed by atoms with E-state index in [1.165, 1.54) is 0 Å². The molecule has 2 N–H and O–H groups in total. The van der Waals surface area contributed by atoms with Gasteiger partial charge in [-0.15, -0.1) is 0 Å². The Morgan fingerprint density at radius 2 is 1.83 bits per heavy atom. The Morgan fingerprint density at radius 3 is 2.22 bits per heavy atom. The third-order valence-electron chi connectivity index (χ3n) is 2.16. The summed E-state index contributed by atoms with van der Waals surface area (Å²) >= 11 is 0. The van der Waals surface area contributed by atoms with Crippen molar-refractivity contribution >= 4 is 5.97 Å². The van der Waals surface area contributed by atoms with Gasteiger partial charge in [-0.2, -0.15) is 13.2 Å². The first kappa shape index (κ1) is 19.3. The number of alkyl halides is 3. The summed E-state index contributed by atoms with van der Waals surface area (Å²) in [4.78, 5) is 10.6. The van der Waals surface area contributed by atoms with E-state index in [1.807, 2.05) is 0 Å². The Morgan fingerprint density at radius 1 is 1.33 bits per heavy atom. The molecule has 0 aliphatic rings. The maximum Gasteiger partial charge on any atom is 1.00 e. The second-order valence-electron chi connectivity index (χ2n) is 3.29. The van der Waals surface area contributed by atoms with Gasteiger partial charge in [0.05, 0.1) is 11.5 Å². The van der Waals surface area contributed by atoms with Gasteiger partial charge in [0.25, 0.3) is 0 Å². The molecule has 0 bridgehead atoms. The summed E-state index contributed by atoms with van der Waals surface area (Å²) in [5, 5.41) is 8.63. The minimum atomic E-state index is -4.76. The molecular formula is C10H9F4LiO3. The number of hydrogen-bond donors (Lipinski definition) is 1. The van der Waals surface area contributed by atoms with Crippen LogP contribution < -0.4 is 18.9 Å². The van der Waals surface area contributed by atoms with Crippen LogP contribution in [0.2, 0.25) is 0 Å². The molecular weight excluding hydrogens is 251 g/mol. The maximum absolute atomic E-state index is 12.7. The topological polar surface area (TPSA) is 67.3 Å². The van der Waals surface area contributed by atoms with Crippen molar-refractivity contribution in [3.63, 3.8) is 0 Å². The molecule has 1 aromatic rings. The molecule has 1 rings (SSSR count). The van der Waals surface area contributed by atoms with E-state index >= 15 is 0 Å². The number of hydrogen-bond acceptors (Lipinski definition) is 2. The number of carboxylic acids is 1. The summed E-state index contributed by atoms with van der Waals surface area (Å²) in [6.45, 7) is 1.12. The molecule has 0 amide bonds. The van der Waals surface area contributed by atoms with E-state index in [0.717, 1.165) is 19.1 Å². The minimum absolute atomic E-state index is 0. The van der Waals surface area contributed by atoms with Crippen LogP contribution in [0.4, 0.5) is 17.6 Å². The third-order valence-corrected chi connectivity index (χ3v) is 2.16. The van der Waals surface area contributed by atoms with Crippen LogP contribution in [0.1, 0.15) is 24.0 Å². The SMILES string of the molecule is CC(C(=O)O)c1ccc(F)cc1C(F)(F)F.[Li+].[OH-]. The molecule has 0 spiro atoms. The van der Waals surface area contributed by atoms with Gasteiger partial charge in [0, 0.05) is 0 Å². The number of rotatable bonds is 2. The molecule has 0 radical (unpaired) electrons. The molecule has 0 fully saturated rings. The fourth-order valence-corrected chi connectivity index (χ4v) is 1.28. The smallest absolute Gasteiger partial charge is 0.870 e. The molecule has 96 valence electrons. The van der Waals surface area contributed by atoms with Crippen molar-refractivity contribution < 1.29 is 51.8 Å². The van der Waals surface area contributed by atoms with E-state index in [2.05, 4.69) is 0 Å². The summed E-state index contributed by atoms with van der Waals surface area (Å²) in [6.07, 6.45) is -4.76. The molecule has 1 aromatic carbocycles. The van der Waals surface area contributed by atoms with Crippen LogP contribution in [0.25, 0.3) is 0 Å². The largest absolute Gasteiger partial charge is 1.00 e. The van der Waals surface area contributed by atoms with Gasteiger partial charge in [-0.25, -0.2) is 4.39 Å². The quantitative estimate of drug-likeness (QED) is 0.594. The second kappa shape index (κ2) is 6.78. The zero-order chi connectivity index (χ0) is 12.5. The maximum atomic E-state index is 12.7. The van der Waals surface area contributed by atoms with Gasteiger partial charge >= 0.3 is 31.0 Å². The predicted molar refractivity (Wildman–Crippen MR) is 49.4 cm³/mol. The predicted octanol–water partition coefficient (Wildman–Crippen LogP) is -0.140. The van der Waals surface area contributed by atoms with Crippen molar-refractivity contribution in [3.05, 3.63) is 35.1 Å². The summed E-state index contributed by atoms with van der Waals surface area (Å²) < 4.78 is 50.2. The van der Waals surface area contributed by atoms with Gasteiger partial charge in [0.1, 0.15) is 5.82 Å². The standard InChI is InChI=1S/C10H8F4O2.Li.H2O/c1-5(9(15)16)7-3-2-6(11)4-8(7)10(12,13)14;;/h2-5H,1H3,(H,15,16);;1H2/q;+1;/p-1. The fourth-order valence-electron chi connectivity index (χ4n) is 1.28. The molecule has 0 heterocycles. The van der Waals surface area contributed by atoms with E-state index in [-0.39, 0.29) is 24.3 Å². The van der Waals surface area contributed by atoms with Gasteiger partial charge in [0.15, 0.2) is 0 Å². The Kier molecular flexibility index (Phi) is 7.27. The summed E-state index contributed by atoms with van der Waals surface area (Å²) in [6, 6.07) is 1.95. The second-order valence-corrected chi connectivity index (χ2v) is 3.29. The van der Waals surface area contributed by atoms with Crippen molar-refractivity contribution in [2.24, 2.45) is 0 Å². The van der Waals surface area contributed by atoms with Crippen LogP contribution in [0.5, 0.6) is 0 Å². The third kappa shape index (κ3) is 4.33. The average Bonchev–Trinajstić information content (AvgIpc) is 2.15. The normalized spacial score (nSPS) is 12.1. The van der Waals surface area contributed by atoms with Crippen LogP contribution in [0.15, 0.2) is 18.2 Å². The molecule has 1 unspecified atom stereocenters. The number of carboxylic acid groups (broad SMARTS) is 1. The Balaban J connectivity index is 0. The van der Waals surface area contributed by atoms with Crippen LogP contribution in [0, 0.1) is 5.82 Å². The molecule has 3 nitrogen and oxygen atoms in total. The van der Waals surface area contributed by atoms with Crippen molar-refractivity contribution in [3.8, 4) is 0 Å². The monoisotopic (exact) mass is 260 g/mol. The molecule has 0 aliphatic carbocycles. The first-order valence-corrected chi connectivity index (χ1v) is 4.33. The minimum Gasteiger partial charge on any atom is -0.870 e. The van der Waals surface area contributed by atoms with E-state index in [4.69, 9.17) is 5.11 Å². The molecule has 18 heavy (non-hydrogen) atoms. The molecule has 0 aliphatic heterocycles. The Labute approximate surface area is 112 Å². The molecule has 0 aromatic heterocycles. The number of aliphatic carboxylic acids is 1. The molecule has 0 saturated heterocycles. The van der Waals surface area contributed by atoms with Crippen LogP contribution in [0.3, 0.4) is 0 Å². The van der Waals surface area contributed by atoms with Crippen molar-refractivity contribution in [1.82, 2.24) is 0 Å². The average molecular weight is 260 g/mol. The van der Waals surface area contributed by atoms with Crippen LogP contribution in [-0.4, -0.2) is 16.6 Å². The van der Waals surface area contributed by atoms with E-state index < -0.39 is 35.0 Å². The van der Waals surface area contributed by atoms with Gasteiger partial charge in [-0.3, -0.25) is 4.79 Å². The van der Waals surface area contributed by atoms with E-state index in [9.17, 15) is 22.4 Å². The first-order chi connectivity index (χ1) is 7.23. The molecule has 8 heteroatoms. The van der Waals surface area contributed by atoms with Gasteiger partial charge < -0.3 is 10.6 Å². The van der Waals surface area contributed by atoms with Gasteiger partial charge in [-0.05, 0) is 24.6 Å². The fraction of sp³-hybridized carbons (Fsp3) is 0.300. The van der Waals surface area contributed by atoms with Crippen LogP contribution in [-0.2, 0) is 11.0 Å². The van der Waals surface area contributed by atoms with Crippen LogP contribution >= 0.6 is 0 Å². The molecule has 1 atom stereocenters. The zero-order valence-corrected chi connectivity index (χ0v) is 9.62. The first-order valence-electron chi connectivity index (χ1n) is 4.33. The summed E-state index contributed by atoms with van der Waals surface area (Å²) in [7, 11) is 0. The van der Waals surface area contributed by atoms with E-state index in [1.54, 1.807) is 0 Å². The van der Waals surface area contributed by atoms with E-state index in [0.29, 0.717) is 6.07 Å². The van der Waals surface area contributed by atoms with Crippen molar-refractivity contribution in [2.75, 3.05) is 0 Å². The summed E-state index contributed by atoms with van der Waals surface area (Å²) in [5.74, 6) is -3.78. The van der Waals surface area contributed by atoms with Gasteiger partial charge in [-0.1, -0.05) is 6.07 Å². The molecule has 0 saturated carbocycles. The van der Waals surface area contributed by atoms with Crippen molar-refractivity contribution in [2.45, 2.75) is 19.0 Å². The Hall–Kier alpha value is -1.03. The number of halogens is 4. The van der Waals surface area contributed by atoms with Crippen molar-refractivity contribution in [1.29, 1.82) is 0 Å². The zero-order valence-electron chi connectivity index (χ0n) is 9.62. The number of carbonyl (C=O) groups is 1.